The third kappa shape index (κ3) is 4.81. The van der Waals surface area contributed by atoms with Crippen LogP contribution in [0, 0.1) is 6.92 Å². The topological polar surface area (TPSA) is 61.0 Å². The van der Waals surface area contributed by atoms with Crippen LogP contribution in [-0.2, 0) is 6.54 Å². The number of rotatable bonds is 7. The van der Waals surface area contributed by atoms with E-state index < -0.39 is 0 Å². The molecule has 0 atom stereocenters. The summed E-state index contributed by atoms with van der Waals surface area (Å²) in [4.78, 5) is 4.30. The molecule has 102 valence electrons. The van der Waals surface area contributed by atoms with Crippen LogP contribution in [0.4, 0.5) is 0 Å². The van der Waals surface area contributed by atoms with Gasteiger partial charge in [-0.15, -0.1) is 0 Å². The first-order valence-corrected chi connectivity index (χ1v) is 7.89. The summed E-state index contributed by atoms with van der Waals surface area (Å²) in [6.45, 7) is 3.19. The summed E-state index contributed by atoms with van der Waals surface area (Å²) in [5, 5.41) is 0. The molecule has 0 aliphatic heterocycles. The van der Waals surface area contributed by atoms with Crippen LogP contribution >= 0.6 is 23.3 Å². The Morgan fingerprint density at radius 1 is 1.32 bits per heavy atom. The van der Waals surface area contributed by atoms with Gasteiger partial charge in [-0.2, -0.15) is 4.37 Å². The minimum atomic E-state index is 0.568. The molecule has 1 heterocycles. The largest absolute Gasteiger partial charge is 0.494 e. The third-order valence-corrected chi connectivity index (χ3v) is 4.46. The second kappa shape index (κ2) is 7.47. The maximum Gasteiger partial charge on any atom is 0.170 e. The fourth-order valence-corrected chi connectivity index (χ4v) is 3.10. The average Bonchev–Trinajstić information content (AvgIpc) is 2.85. The summed E-state index contributed by atoms with van der Waals surface area (Å²) in [6, 6.07) is 7.91. The number of benzene rings is 1. The smallest absolute Gasteiger partial charge is 0.170 e. The lowest BCUT2D eigenvalue weighted by molar-refractivity contribution is 0.318. The minimum Gasteiger partial charge on any atom is -0.494 e. The van der Waals surface area contributed by atoms with Crippen LogP contribution in [-0.4, -0.2) is 21.7 Å². The van der Waals surface area contributed by atoms with Crippen molar-refractivity contribution in [3.63, 3.8) is 0 Å². The highest BCUT2D eigenvalue weighted by molar-refractivity contribution is 8.00. The van der Waals surface area contributed by atoms with Crippen LogP contribution in [0.2, 0.25) is 0 Å². The van der Waals surface area contributed by atoms with Gasteiger partial charge < -0.3 is 10.5 Å². The molecule has 0 aliphatic rings. The molecule has 2 N–H and O–H groups in total. The predicted octanol–water partition coefficient (Wildman–Crippen LogP) is 2.87. The van der Waals surface area contributed by atoms with Gasteiger partial charge in [0.2, 0.25) is 0 Å². The SMILES string of the molecule is Cc1nsc(SCCCOc2ccc(CN)cc2)n1. The molecule has 0 spiro atoms. The Morgan fingerprint density at radius 2 is 2.11 bits per heavy atom. The second-order valence-corrected chi connectivity index (χ2v) is 6.10. The molecular weight excluding hydrogens is 278 g/mol. The van der Waals surface area contributed by atoms with Gasteiger partial charge >= 0.3 is 0 Å². The molecule has 4 nitrogen and oxygen atoms in total. The Labute approximate surface area is 121 Å². The van der Waals surface area contributed by atoms with Crippen LogP contribution in [0.3, 0.4) is 0 Å². The van der Waals surface area contributed by atoms with E-state index in [1.165, 1.54) is 11.5 Å². The number of aromatic nitrogens is 2. The van der Waals surface area contributed by atoms with Gasteiger partial charge in [0.25, 0.3) is 0 Å². The molecule has 6 heteroatoms. The monoisotopic (exact) mass is 295 g/mol. The predicted molar refractivity (Wildman–Crippen MR) is 79.8 cm³/mol. The van der Waals surface area contributed by atoms with Crippen molar-refractivity contribution in [3.8, 4) is 5.75 Å². The summed E-state index contributed by atoms with van der Waals surface area (Å²) in [6.07, 6.45) is 0.988. The zero-order chi connectivity index (χ0) is 13.5. The Bertz CT molecular complexity index is 499. The van der Waals surface area contributed by atoms with Gasteiger partial charge in [-0.1, -0.05) is 23.9 Å². The van der Waals surface area contributed by atoms with Gasteiger partial charge in [0.15, 0.2) is 4.34 Å². The minimum absolute atomic E-state index is 0.568. The number of thioether (sulfide) groups is 1. The maximum atomic E-state index is 5.66. The molecule has 0 unspecified atom stereocenters. The van der Waals surface area contributed by atoms with E-state index in [1.807, 2.05) is 31.2 Å². The molecule has 0 saturated heterocycles. The summed E-state index contributed by atoms with van der Waals surface area (Å²) >= 11 is 3.19. The molecule has 19 heavy (non-hydrogen) atoms. The van der Waals surface area contributed by atoms with Gasteiger partial charge in [-0.25, -0.2) is 4.98 Å². The first kappa shape index (κ1) is 14.3. The van der Waals surface area contributed by atoms with Crippen molar-refractivity contribution in [3.05, 3.63) is 35.7 Å². The quantitative estimate of drug-likeness (QED) is 0.628. The van der Waals surface area contributed by atoms with E-state index in [2.05, 4.69) is 9.36 Å². The van der Waals surface area contributed by atoms with E-state index in [0.717, 1.165) is 33.7 Å². The molecule has 1 aromatic carbocycles. The molecule has 0 bridgehead atoms. The summed E-state index contributed by atoms with van der Waals surface area (Å²) in [5.74, 6) is 2.74. The Morgan fingerprint density at radius 3 is 2.74 bits per heavy atom. The summed E-state index contributed by atoms with van der Waals surface area (Å²) < 4.78 is 10.8. The third-order valence-electron chi connectivity index (χ3n) is 2.45. The van der Waals surface area contributed by atoms with E-state index >= 15 is 0 Å². The van der Waals surface area contributed by atoms with Crippen molar-refractivity contribution in [1.29, 1.82) is 0 Å². The highest BCUT2D eigenvalue weighted by Gasteiger charge is 2.00. The number of aryl methyl sites for hydroxylation is 1. The number of ether oxygens (including phenoxy) is 1. The van der Waals surface area contributed by atoms with E-state index in [9.17, 15) is 0 Å². The number of hydrogen-bond acceptors (Lipinski definition) is 6. The lowest BCUT2D eigenvalue weighted by Crippen LogP contribution is -2.00. The first-order valence-electron chi connectivity index (χ1n) is 6.13. The highest BCUT2D eigenvalue weighted by Crippen LogP contribution is 2.20. The Hall–Kier alpha value is -1.11. The van der Waals surface area contributed by atoms with E-state index in [1.54, 1.807) is 11.8 Å². The zero-order valence-electron chi connectivity index (χ0n) is 10.8. The standard InChI is InChI=1S/C13H17N3OS2/c1-10-15-13(19-16-10)18-8-2-7-17-12-5-3-11(9-14)4-6-12/h3-6H,2,7-9,14H2,1H3. The number of hydrogen-bond donors (Lipinski definition) is 1. The fraction of sp³-hybridized carbons (Fsp3) is 0.385. The Balaban J connectivity index is 1.63. The summed E-state index contributed by atoms with van der Waals surface area (Å²) in [7, 11) is 0. The van der Waals surface area contributed by atoms with Gasteiger partial charge in [0.05, 0.1) is 6.61 Å². The molecule has 0 radical (unpaired) electrons. The molecular formula is C13H17N3OS2. The molecule has 2 aromatic rings. The van der Waals surface area contributed by atoms with Gasteiger partial charge in [-0.3, -0.25) is 0 Å². The van der Waals surface area contributed by atoms with Gasteiger partial charge in [0, 0.05) is 12.3 Å². The van der Waals surface area contributed by atoms with Crippen molar-refractivity contribution in [2.45, 2.75) is 24.2 Å². The first-order chi connectivity index (χ1) is 9.28. The van der Waals surface area contributed by atoms with Crippen LogP contribution in [0.1, 0.15) is 17.8 Å². The maximum absolute atomic E-state index is 5.66. The van der Waals surface area contributed by atoms with E-state index in [4.69, 9.17) is 10.5 Å². The molecule has 0 saturated carbocycles. The van der Waals surface area contributed by atoms with Crippen LogP contribution < -0.4 is 10.5 Å². The van der Waals surface area contributed by atoms with Crippen molar-refractivity contribution in [1.82, 2.24) is 9.36 Å². The molecule has 0 aliphatic carbocycles. The van der Waals surface area contributed by atoms with Crippen LogP contribution in [0.15, 0.2) is 28.6 Å². The van der Waals surface area contributed by atoms with E-state index in [-0.39, 0.29) is 0 Å². The average molecular weight is 295 g/mol. The highest BCUT2D eigenvalue weighted by atomic mass is 32.2. The normalized spacial score (nSPS) is 10.6. The van der Waals surface area contributed by atoms with Crippen LogP contribution in [0.5, 0.6) is 5.75 Å². The van der Waals surface area contributed by atoms with Crippen LogP contribution in [0.25, 0.3) is 0 Å². The second-order valence-electron chi connectivity index (χ2n) is 4.01. The van der Waals surface area contributed by atoms with E-state index in [0.29, 0.717) is 13.2 Å². The summed E-state index contributed by atoms with van der Waals surface area (Å²) in [5.41, 5.74) is 6.66. The molecule has 0 amide bonds. The molecule has 0 fully saturated rings. The molecule has 2 rings (SSSR count). The number of nitrogens with two attached hydrogens (primary N) is 1. The lowest BCUT2D eigenvalue weighted by atomic mass is 10.2. The Kier molecular flexibility index (Phi) is 5.62. The fourth-order valence-electron chi connectivity index (χ4n) is 1.47. The lowest BCUT2D eigenvalue weighted by Gasteiger charge is -2.06. The number of nitrogens with zero attached hydrogens (tertiary/aromatic N) is 2. The van der Waals surface area contributed by atoms with Crippen molar-refractivity contribution in [2.75, 3.05) is 12.4 Å². The van der Waals surface area contributed by atoms with Crippen molar-refractivity contribution < 1.29 is 4.74 Å². The van der Waals surface area contributed by atoms with Gasteiger partial charge in [-0.05, 0) is 42.6 Å². The zero-order valence-corrected chi connectivity index (χ0v) is 12.5. The van der Waals surface area contributed by atoms with Crippen molar-refractivity contribution in [2.24, 2.45) is 5.73 Å². The van der Waals surface area contributed by atoms with Crippen molar-refractivity contribution >= 4 is 23.3 Å². The van der Waals surface area contributed by atoms with Gasteiger partial charge in [0.1, 0.15) is 11.6 Å². The molecule has 1 aromatic heterocycles.